The number of aliphatic hydroxyl groups excluding tert-OH is 2. The molecule has 1 heterocycles. The van der Waals surface area contributed by atoms with Crippen molar-refractivity contribution in [2.45, 2.75) is 36.1 Å². The highest BCUT2D eigenvalue weighted by Crippen LogP contribution is 2.40. The maximum absolute atomic E-state index is 11.1. The van der Waals surface area contributed by atoms with Crippen molar-refractivity contribution in [1.29, 1.82) is 0 Å². The maximum atomic E-state index is 11.1. The van der Waals surface area contributed by atoms with Crippen LogP contribution >= 0.6 is 12.6 Å². The standard InChI is InChI=1S/C11H16O6S/c12-4-7-8(5-13)17-11(16-7)2-1-9(18)6(3-11)10(14)15/h3,7-9,12-13,18H,1-2,4-5H2,(H,14,15)/t7-,8-,9+/m0/s1. The van der Waals surface area contributed by atoms with Crippen LogP contribution in [0.5, 0.6) is 0 Å². The van der Waals surface area contributed by atoms with E-state index in [9.17, 15) is 4.79 Å². The molecule has 1 aliphatic carbocycles. The average Bonchev–Trinajstić information content (AvgIpc) is 2.70. The summed E-state index contributed by atoms with van der Waals surface area (Å²) in [5.41, 5.74) is 0.125. The van der Waals surface area contributed by atoms with Crippen LogP contribution in [0.1, 0.15) is 12.8 Å². The van der Waals surface area contributed by atoms with Crippen LogP contribution in [-0.2, 0) is 14.3 Å². The molecular weight excluding hydrogens is 260 g/mol. The van der Waals surface area contributed by atoms with Crippen molar-refractivity contribution in [2.24, 2.45) is 0 Å². The highest BCUT2D eigenvalue weighted by molar-refractivity contribution is 7.81. The van der Waals surface area contributed by atoms with E-state index < -0.39 is 24.0 Å². The Balaban J connectivity index is 2.25. The van der Waals surface area contributed by atoms with Gasteiger partial charge in [-0.15, -0.1) is 0 Å². The number of aliphatic carboxylic acids is 1. The number of carboxylic acids is 1. The summed E-state index contributed by atoms with van der Waals surface area (Å²) in [6.07, 6.45) is 1.06. The molecule has 0 amide bonds. The van der Waals surface area contributed by atoms with Gasteiger partial charge >= 0.3 is 5.97 Å². The third kappa shape index (κ3) is 2.41. The Morgan fingerprint density at radius 1 is 1.39 bits per heavy atom. The molecule has 3 atom stereocenters. The summed E-state index contributed by atoms with van der Waals surface area (Å²) >= 11 is 4.20. The number of carboxylic acid groups (broad SMARTS) is 1. The molecule has 0 aromatic carbocycles. The average molecular weight is 276 g/mol. The topological polar surface area (TPSA) is 96.2 Å². The van der Waals surface area contributed by atoms with Gasteiger partial charge in [-0.1, -0.05) is 0 Å². The van der Waals surface area contributed by atoms with Crippen LogP contribution in [0.15, 0.2) is 11.6 Å². The summed E-state index contributed by atoms with van der Waals surface area (Å²) in [5.74, 6) is -2.22. The Bertz CT molecular complexity index is 357. The van der Waals surface area contributed by atoms with Gasteiger partial charge in [-0.2, -0.15) is 12.6 Å². The number of carbonyl (C=O) groups is 1. The van der Waals surface area contributed by atoms with Crippen molar-refractivity contribution in [3.8, 4) is 0 Å². The summed E-state index contributed by atoms with van der Waals surface area (Å²) in [5, 5.41) is 27.0. The molecule has 2 aliphatic rings. The van der Waals surface area contributed by atoms with Crippen LogP contribution in [0.2, 0.25) is 0 Å². The van der Waals surface area contributed by atoms with Crippen LogP contribution in [0.4, 0.5) is 0 Å². The summed E-state index contributed by atoms with van der Waals surface area (Å²) in [6, 6.07) is 0. The molecule has 1 spiro atoms. The van der Waals surface area contributed by atoms with Crippen molar-refractivity contribution >= 4 is 18.6 Å². The van der Waals surface area contributed by atoms with Crippen molar-refractivity contribution < 1.29 is 29.6 Å². The van der Waals surface area contributed by atoms with Gasteiger partial charge < -0.3 is 24.8 Å². The fourth-order valence-electron chi connectivity index (χ4n) is 2.29. The lowest BCUT2D eigenvalue weighted by Crippen LogP contribution is -2.36. The molecule has 1 fully saturated rings. The van der Waals surface area contributed by atoms with Crippen LogP contribution in [-0.4, -0.2) is 57.7 Å². The van der Waals surface area contributed by atoms with Gasteiger partial charge in [0.1, 0.15) is 12.2 Å². The summed E-state index contributed by atoms with van der Waals surface area (Å²) in [7, 11) is 0. The highest BCUT2D eigenvalue weighted by atomic mass is 32.1. The van der Waals surface area contributed by atoms with E-state index >= 15 is 0 Å². The van der Waals surface area contributed by atoms with E-state index in [-0.39, 0.29) is 24.0 Å². The summed E-state index contributed by atoms with van der Waals surface area (Å²) in [4.78, 5) is 11.1. The lowest BCUT2D eigenvalue weighted by molar-refractivity contribution is -0.153. The molecule has 0 unspecified atom stereocenters. The smallest absolute Gasteiger partial charge is 0.332 e. The van der Waals surface area contributed by atoms with E-state index in [1.54, 1.807) is 0 Å². The lowest BCUT2D eigenvalue weighted by Gasteiger charge is -2.31. The van der Waals surface area contributed by atoms with Crippen molar-refractivity contribution in [1.82, 2.24) is 0 Å². The Kier molecular flexibility index (Phi) is 3.98. The minimum atomic E-state index is -1.16. The summed E-state index contributed by atoms with van der Waals surface area (Å²) < 4.78 is 11.1. The first-order chi connectivity index (χ1) is 8.51. The highest BCUT2D eigenvalue weighted by Gasteiger charge is 2.48. The molecule has 0 saturated carbocycles. The van der Waals surface area contributed by atoms with Gasteiger partial charge in [0.2, 0.25) is 0 Å². The molecule has 18 heavy (non-hydrogen) atoms. The maximum Gasteiger partial charge on any atom is 0.332 e. The molecule has 3 N–H and O–H groups in total. The number of hydrogen-bond acceptors (Lipinski definition) is 6. The molecule has 1 aliphatic heterocycles. The van der Waals surface area contributed by atoms with Crippen molar-refractivity contribution in [2.75, 3.05) is 13.2 Å². The number of rotatable bonds is 3. The van der Waals surface area contributed by atoms with E-state index in [0.717, 1.165) is 0 Å². The van der Waals surface area contributed by atoms with E-state index in [2.05, 4.69) is 12.6 Å². The van der Waals surface area contributed by atoms with Gasteiger partial charge in [0, 0.05) is 11.7 Å². The zero-order valence-electron chi connectivity index (χ0n) is 9.65. The number of thiol groups is 1. The molecule has 7 heteroatoms. The zero-order chi connectivity index (χ0) is 13.3. The molecule has 0 aromatic heterocycles. The van der Waals surface area contributed by atoms with Gasteiger partial charge in [-0.25, -0.2) is 4.79 Å². The number of hydrogen-bond donors (Lipinski definition) is 4. The molecule has 102 valence electrons. The van der Waals surface area contributed by atoms with Crippen LogP contribution in [0, 0.1) is 0 Å². The Labute approximate surface area is 110 Å². The Morgan fingerprint density at radius 3 is 2.39 bits per heavy atom. The van der Waals surface area contributed by atoms with Crippen LogP contribution in [0.3, 0.4) is 0 Å². The van der Waals surface area contributed by atoms with Crippen molar-refractivity contribution in [3.05, 3.63) is 11.6 Å². The second kappa shape index (κ2) is 5.18. The number of ether oxygens (including phenoxy) is 2. The normalized spacial score (nSPS) is 34.6. The van der Waals surface area contributed by atoms with Crippen LogP contribution < -0.4 is 0 Å². The quantitative estimate of drug-likeness (QED) is 0.522. The van der Waals surface area contributed by atoms with Gasteiger partial charge in [-0.3, -0.25) is 0 Å². The molecule has 0 aromatic rings. The first-order valence-corrected chi connectivity index (χ1v) is 6.24. The zero-order valence-corrected chi connectivity index (χ0v) is 10.5. The van der Waals surface area contributed by atoms with Gasteiger partial charge in [0.15, 0.2) is 5.79 Å². The predicted octanol–water partition coefficient (Wildman–Crippen LogP) is -0.445. The van der Waals surface area contributed by atoms with E-state index in [4.69, 9.17) is 24.8 Å². The van der Waals surface area contributed by atoms with Crippen molar-refractivity contribution in [3.63, 3.8) is 0 Å². The van der Waals surface area contributed by atoms with Crippen LogP contribution in [0.25, 0.3) is 0 Å². The largest absolute Gasteiger partial charge is 0.478 e. The van der Waals surface area contributed by atoms with E-state index in [1.807, 2.05) is 0 Å². The predicted molar refractivity (Wildman–Crippen MR) is 64.4 cm³/mol. The number of aliphatic hydroxyl groups is 2. The molecule has 0 radical (unpaired) electrons. The Morgan fingerprint density at radius 2 is 1.94 bits per heavy atom. The van der Waals surface area contributed by atoms with E-state index in [0.29, 0.717) is 12.8 Å². The third-order valence-electron chi connectivity index (χ3n) is 3.22. The second-order valence-corrected chi connectivity index (χ2v) is 5.07. The first kappa shape index (κ1) is 13.8. The first-order valence-electron chi connectivity index (χ1n) is 5.73. The fraction of sp³-hybridized carbons (Fsp3) is 0.727. The third-order valence-corrected chi connectivity index (χ3v) is 3.76. The molecule has 0 bridgehead atoms. The molecule has 6 nitrogen and oxygen atoms in total. The fourth-order valence-corrected chi connectivity index (χ4v) is 2.60. The Hall–Kier alpha value is -0.600. The SMILES string of the molecule is O=C(O)C1=CC2(CC[C@H]1S)O[C@@H](CO)[C@H](CO)O2. The molecule has 1 saturated heterocycles. The minimum absolute atomic E-state index is 0.125. The summed E-state index contributed by atoms with van der Waals surface area (Å²) in [6.45, 7) is -0.568. The van der Waals surface area contributed by atoms with Gasteiger partial charge in [0.05, 0.1) is 18.8 Å². The second-order valence-electron chi connectivity index (χ2n) is 4.45. The van der Waals surface area contributed by atoms with Gasteiger partial charge in [-0.05, 0) is 12.5 Å². The monoisotopic (exact) mass is 276 g/mol. The molecular formula is C11H16O6S. The van der Waals surface area contributed by atoms with Gasteiger partial charge in [0.25, 0.3) is 0 Å². The minimum Gasteiger partial charge on any atom is -0.478 e. The van der Waals surface area contributed by atoms with E-state index in [1.165, 1.54) is 6.08 Å². The lowest BCUT2D eigenvalue weighted by atomic mass is 9.94. The molecule has 2 rings (SSSR count).